The van der Waals surface area contributed by atoms with E-state index in [0.29, 0.717) is 11.6 Å². The average molecular weight is 349 g/mol. The van der Waals surface area contributed by atoms with Crippen molar-refractivity contribution in [3.05, 3.63) is 34.9 Å². The monoisotopic (exact) mass is 348 g/mol. The number of nitrogens with zero attached hydrogens (tertiary/aromatic N) is 1. The first kappa shape index (κ1) is 18.1. The number of rotatable bonds is 6. The van der Waals surface area contributed by atoms with Crippen LogP contribution in [0.1, 0.15) is 37.3 Å². The Labute approximate surface area is 138 Å². The first-order chi connectivity index (χ1) is 10.8. The largest absolute Gasteiger partial charge is 0.389 e. The molecule has 0 bridgehead atoms. The van der Waals surface area contributed by atoms with Gasteiger partial charge >= 0.3 is 6.18 Å². The van der Waals surface area contributed by atoms with Crippen molar-refractivity contribution in [1.29, 1.82) is 0 Å². The van der Waals surface area contributed by atoms with Gasteiger partial charge in [-0.3, -0.25) is 9.69 Å². The van der Waals surface area contributed by atoms with Crippen molar-refractivity contribution in [1.82, 2.24) is 10.2 Å². The number of nitrogens with one attached hydrogen (secondary N) is 1. The van der Waals surface area contributed by atoms with Gasteiger partial charge < -0.3 is 5.32 Å². The molecule has 1 N–H and O–H groups in total. The Hall–Kier alpha value is -1.27. The Balaban J connectivity index is 1.95. The van der Waals surface area contributed by atoms with Crippen LogP contribution in [0.2, 0.25) is 5.02 Å². The average Bonchev–Trinajstić information content (AvgIpc) is 3.00. The lowest BCUT2D eigenvalue weighted by atomic mass is 10.1. The summed E-state index contributed by atoms with van der Waals surface area (Å²) in [5.74, 6) is -0.569. The molecule has 0 aliphatic carbocycles. The fourth-order valence-electron chi connectivity index (χ4n) is 2.75. The van der Waals surface area contributed by atoms with Crippen LogP contribution in [0.3, 0.4) is 0 Å². The lowest BCUT2D eigenvalue weighted by Gasteiger charge is -2.28. The Bertz CT molecular complexity index is 513. The molecule has 23 heavy (non-hydrogen) atoms. The molecule has 1 fully saturated rings. The normalized spacial score (nSPS) is 17.2. The molecule has 1 heterocycles. The van der Waals surface area contributed by atoms with Gasteiger partial charge in [0.05, 0.1) is 12.5 Å². The van der Waals surface area contributed by atoms with Gasteiger partial charge in [0.1, 0.15) is 0 Å². The van der Waals surface area contributed by atoms with E-state index >= 15 is 0 Å². The molecule has 1 atom stereocenters. The lowest BCUT2D eigenvalue weighted by Crippen LogP contribution is -2.37. The Kier molecular flexibility index (Phi) is 6.30. The molecule has 0 aromatic heterocycles. The molecule has 1 aromatic rings. The van der Waals surface area contributed by atoms with Gasteiger partial charge in [0.2, 0.25) is 5.91 Å². The number of hydrogen-bond donors (Lipinski definition) is 1. The smallest absolute Gasteiger partial charge is 0.354 e. The third-order valence-electron chi connectivity index (χ3n) is 3.96. The fourth-order valence-corrected chi connectivity index (χ4v) is 2.88. The van der Waals surface area contributed by atoms with Crippen molar-refractivity contribution < 1.29 is 18.0 Å². The molecule has 0 spiro atoms. The number of halogens is 4. The Morgan fingerprint density at radius 2 is 1.83 bits per heavy atom. The SMILES string of the molecule is O=C(CCC(F)(F)F)NC[C@H](c1ccc(Cl)cc1)N1CCCC1. The van der Waals surface area contributed by atoms with Gasteiger partial charge in [0.25, 0.3) is 0 Å². The standard InChI is InChI=1S/C16H20ClF3N2O/c17-13-5-3-12(4-6-13)14(22-9-1-2-10-22)11-21-15(23)7-8-16(18,19)20/h3-6,14H,1-2,7-11H2,(H,21,23)/t14-/m1/s1. The molecular formula is C16H20ClF3N2O. The summed E-state index contributed by atoms with van der Waals surface area (Å²) in [5.41, 5.74) is 1.01. The van der Waals surface area contributed by atoms with Gasteiger partial charge in [-0.25, -0.2) is 0 Å². The summed E-state index contributed by atoms with van der Waals surface area (Å²) in [6.45, 7) is 2.15. The Morgan fingerprint density at radius 3 is 2.39 bits per heavy atom. The molecule has 1 amide bonds. The fraction of sp³-hybridized carbons (Fsp3) is 0.562. The minimum atomic E-state index is -4.30. The molecule has 0 saturated carbocycles. The number of hydrogen-bond acceptors (Lipinski definition) is 2. The number of benzene rings is 1. The van der Waals surface area contributed by atoms with Crippen molar-refractivity contribution in [2.24, 2.45) is 0 Å². The zero-order chi connectivity index (χ0) is 16.9. The summed E-state index contributed by atoms with van der Waals surface area (Å²) < 4.78 is 36.5. The number of carbonyl (C=O) groups excluding carboxylic acids is 1. The highest BCUT2D eigenvalue weighted by molar-refractivity contribution is 6.30. The zero-order valence-electron chi connectivity index (χ0n) is 12.7. The van der Waals surface area contributed by atoms with Gasteiger partial charge in [-0.05, 0) is 43.6 Å². The molecule has 1 saturated heterocycles. The van der Waals surface area contributed by atoms with Crippen LogP contribution in [-0.2, 0) is 4.79 Å². The first-order valence-corrected chi connectivity index (χ1v) is 8.06. The van der Waals surface area contributed by atoms with Crippen LogP contribution in [-0.4, -0.2) is 36.6 Å². The van der Waals surface area contributed by atoms with Crippen molar-refractivity contribution >= 4 is 17.5 Å². The zero-order valence-corrected chi connectivity index (χ0v) is 13.5. The molecule has 128 valence electrons. The van der Waals surface area contributed by atoms with E-state index in [2.05, 4.69) is 10.2 Å². The van der Waals surface area contributed by atoms with Gasteiger partial charge in [-0.1, -0.05) is 23.7 Å². The highest BCUT2D eigenvalue weighted by Crippen LogP contribution is 2.26. The van der Waals surface area contributed by atoms with Crippen molar-refractivity contribution in [2.45, 2.75) is 37.9 Å². The summed E-state index contributed by atoms with van der Waals surface area (Å²) in [6, 6.07) is 7.32. The van der Waals surface area contributed by atoms with E-state index in [4.69, 9.17) is 11.6 Å². The second-order valence-electron chi connectivity index (χ2n) is 5.73. The first-order valence-electron chi connectivity index (χ1n) is 7.68. The van der Waals surface area contributed by atoms with Crippen LogP contribution in [0.15, 0.2) is 24.3 Å². The molecule has 3 nitrogen and oxygen atoms in total. The van der Waals surface area contributed by atoms with E-state index in [9.17, 15) is 18.0 Å². The van der Waals surface area contributed by atoms with Gasteiger partial charge in [-0.15, -0.1) is 0 Å². The number of alkyl halides is 3. The van der Waals surface area contributed by atoms with Crippen molar-refractivity contribution in [3.63, 3.8) is 0 Å². The molecule has 1 aliphatic heterocycles. The van der Waals surface area contributed by atoms with Crippen LogP contribution in [0.5, 0.6) is 0 Å². The lowest BCUT2D eigenvalue weighted by molar-refractivity contribution is -0.144. The van der Waals surface area contributed by atoms with Crippen molar-refractivity contribution in [2.75, 3.05) is 19.6 Å². The Morgan fingerprint density at radius 1 is 1.22 bits per heavy atom. The predicted octanol–water partition coefficient (Wildman–Crippen LogP) is 3.94. The van der Waals surface area contributed by atoms with Gasteiger partial charge in [-0.2, -0.15) is 13.2 Å². The highest BCUT2D eigenvalue weighted by atomic mass is 35.5. The summed E-state index contributed by atoms with van der Waals surface area (Å²) in [5, 5.41) is 3.26. The minimum Gasteiger partial charge on any atom is -0.354 e. The summed E-state index contributed by atoms with van der Waals surface area (Å²) >= 11 is 5.90. The van der Waals surface area contributed by atoms with Gasteiger partial charge in [0.15, 0.2) is 0 Å². The van der Waals surface area contributed by atoms with Crippen LogP contribution in [0, 0.1) is 0 Å². The van der Waals surface area contributed by atoms with Crippen LogP contribution in [0.4, 0.5) is 13.2 Å². The molecule has 0 unspecified atom stereocenters. The summed E-state index contributed by atoms with van der Waals surface area (Å²) in [6.07, 6.45) is -3.74. The van der Waals surface area contributed by atoms with E-state index in [0.717, 1.165) is 31.5 Å². The maximum Gasteiger partial charge on any atom is 0.389 e. The molecule has 2 rings (SSSR count). The van der Waals surface area contributed by atoms with E-state index in [-0.39, 0.29) is 6.04 Å². The van der Waals surface area contributed by atoms with Crippen LogP contribution >= 0.6 is 11.6 Å². The predicted molar refractivity (Wildman–Crippen MR) is 83.3 cm³/mol. The summed E-state index contributed by atoms with van der Waals surface area (Å²) in [4.78, 5) is 13.9. The van der Waals surface area contributed by atoms with E-state index in [1.807, 2.05) is 12.1 Å². The molecule has 1 aliphatic rings. The second kappa shape index (κ2) is 8.02. The number of carbonyl (C=O) groups is 1. The van der Waals surface area contributed by atoms with Crippen LogP contribution in [0.25, 0.3) is 0 Å². The number of amides is 1. The van der Waals surface area contributed by atoms with Crippen molar-refractivity contribution in [3.8, 4) is 0 Å². The third kappa shape index (κ3) is 6.03. The van der Waals surface area contributed by atoms with E-state index < -0.39 is 24.9 Å². The second-order valence-corrected chi connectivity index (χ2v) is 6.17. The molecule has 0 radical (unpaired) electrons. The van der Waals surface area contributed by atoms with E-state index in [1.54, 1.807) is 12.1 Å². The van der Waals surface area contributed by atoms with Gasteiger partial charge in [0, 0.05) is 18.0 Å². The maximum absolute atomic E-state index is 12.2. The topological polar surface area (TPSA) is 32.3 Å². The molecule has 7 heteroatoms. The molecule has 1 aromatic carbocycles. The third-order valence-corrected chi connectivity index (χ3v) is 4.22. The highest BCUT2D eigenvalue weighted by Gasteiger charge is 2.28. The van der Waals surface area contributed by atoms with E-state index in [1.165, 1.54) is 0 Å². The minimum absolute atomic E-state index is 0.0374. The number of likely N-dealkylation sites (tertiary alicyclic amines) is 1. The van der Waals surface area contributed by atoms with Crippen LogP contribution < -0.4 is 5.32 Å². The maximum atomic E-state index is 12.2. The summed E-state index contributed by atoms with van der Waals surface area (Å²) in [7, 11) is 0. The molecular weight excluding hydrogens is 329 g/mol. The quantitative estimate of drug-likeness (QED) is 0.844.